The van der Waals surface area contributed by atoms with E-state index >= 15 is 0 Å². The summed E-state index contributed by atoms with van der Waals surface area (Å²) >= 11 is 11.0. The van der Waals surface area contributed by atoms with Crippen molar-refractivity contribution >= 4 is 79.4 Å². The summed E-state index contributed by atoms with van der Waals surface area (Å²) in [5.41, 5.74) is 3.34. The summed E-state index contributed by atoms with van der Waals surface area (Å²) in [5.74, 6) is -0.469. The lowest BCUT2D eigenvalue weighted by molar-refractivity contribution is -0.122. The van der Waals surface area contributed by atoms with Crippen molar-refractivity contribution in [1.82, 2.24) is 5.32 Å². The Labute approximate surface area is 225 Å². The van der Waals surface area contributed by atoms with Crippen molar-refractivity contribution in [2.24, 2.45) is 0 Å². The molecule has 1 aliphatic heterocycles. The van der Waals surface area contributed by atoms with Gasteiger partial charge in [0.1, 0.15) is 17.9 Å². The Morgan fingerprint density at radius 2 is 1.71 bits per heavy atom. The SMILES string of the molecule is CCc1ccc(N2C(=O)/C(=C/c3cc(Br)ccc3OCc3ccc(I)cc3)C(=O)NC2=S)cc1. The molecule has 0 aromatic heterocycles. The second kappa shape index (κ2) is 10.8. The van der Waals surface area contributed by atoms with Gasteiger partial charge in [0.15, 0.2) is 5.11 Å². The molecule has 0 radical (unpaired) electrons. The fourth-order valence-corrected chi connectivity index (χ4v) is 4.45. The Morgan fingerprint density at radius 1 is 1.03 bits per heavy atom. The van der Waals surface area contributed by atoms with Gasteiger partial charge >= 0.3 is 0 Å². The summed E-state index contributed by atoms with van der Waals surface area (Å²) in [7, 11) is 0. The molecule has 172 valence electrons. The van der Waals surface area contributed by atoms with Gasteiger partial charge in [-0.2, -0.15) is 0 Å². The number of benzene rings is 3. The molecule has 8 heteroatoms. The second-order valence-corrected chi connectivity index (χ2v) is 10.1. The number of ether oxygens (including phenoxy) is 1. The summed E-state index contributed by atoms with van der Waals surface area (Å²) in [4.78, 5) is 27.4. The lowest BCUT2D eigenvalue weighted by atomic mass is 10.1. The van der Waals surface area contributed by atoms with Gasteiger partial charge in [0, 0.05) is 13.6 Å². The third kappa shape index (κ3) is 5.56. The lowest BCUT2D eigenvalue weighted by Gasteiger charge is -2.29. The molecule has 3 aromatic carbocycles. The highest BCUT2D eigenvalue weighted by Crippen LogP contribution is 2.29. The van der Waals surface area contributed by atoms with E-state index in [2.05, 4.69) is 50.8 Å². The van der Waals surface area contributed by atoms with Gasteiger partial charge in [-0.1, -0.05) is 47.1 Å². The van der Waals surface area contributed by atoms with Crippen LogP contribution in [-0.4, -0.2) is 16.9 Å². The quantitative estimate of drug-likeness (QED) is 0.154. The van der Waals surface area contributed by atoms with Crippen molar-refractivity contribution in [2.45, 2.75) is 20.0 Å². The van der Waals surface area contributed by atoms with Crippen LogP contribution >= 0.6 is 50.7 Å². The number of amides is 2. The maximum atomic E-state index is 13.4. The van der Waals surface area contributed by atoms with E-state index in [9.17, 15) is 9.59 Å². The first-order valence-electron chi connectivity index (χ1n) is 10.5. The highest BCUT2D eigenvalue weighted by Gasteiger charge is 2.34. The number of thiocarbonyl (C=S) groups is 1. The number of anilines is 1. The summed E-state index contributed by atoms with van der Waals surface area (Å²) < 4.78 is 7.98. The van der Waals surface area contributed by atoms with Gasteiger partial charge in [0.2, 0.25) is 0 Å². The highest BCUT2D eigenvalue weighted by molar-refractivity contribution is 14.1. The Bertz CT molecular complexity index is 1290. The largest absolute Gasteiger partial charge is 0.488 e. The number of carbonyl (C=O) groups excluding carboxylic acids is 2. The first-order chi connectivity index (χ1) is 16.4. The lowest BCUT2D eigenvalue weighted by Crippen LogP contribution is -2.54. The fraction of sp³-hybridized carbons (Fsp3) is 0.115. The average molecular weight is 647 g/mol. The van der Waals surface area contributed by atoms with E-state index in [1.165, 1.54) is 4.90 Å². The summed E-state index contributed by atoms with van der Waals surface area (Å²) in [6.07, 6.45) is 2.43. The molecule has 1 heterocycles. The van der Waals surface area contributed by atoms with Crippen LogP contribution in [0.1, 0.15) is 23.6 Å². The molecule has 0 bridgehead atoms. The fourth-order valence-electron chi connectivity index (χ4n) is 3.43. The van der Waals surface area contributed by atoms with E-state index in [1.807, 2.05) is 60.7 Å². The highest BCUT2D eigenvalue weighted by atomic mass is 127. The number of nitrogens with one attached hydrogen (secondary N) is 1. The normalized spacial score (nSPS) is 15.0. The molecule has 5 nitrogen and oxygen atoms in total. The molecule has 0 aliphatic carbocycles. The predicted molar refractivity (Wildman–Crippen MR) is 150 cm³/mol. The summed E-state index contributed by atoms with van der Waals surface area (Å²) in [5, 5.41) is 2.69. The van der Waals surface area contributed by atoms with E-state index in [-0.39, 0.29) is 10.7 Å². The minimum atomic E-state index is -0.542. The van der Waals surface area contributed by atoms with E-state index in [0.717, 1.165) is 25.6 Å². The zero-order valence-electron chi connectivity index (χ0n) is 18.2. The van der Waals surface area contributed by atoms with E-state index in [0.29, 0.717) is 23.6 Å². The van der Waals surface area contributed by atoms with Crippen molar-refractivity contribution in [3.8, 4) is 5.75 Å². The van der Waals surface area contributed by atoms with Crippen LogP contribution in [0, 0.1) is 3.57 Å². The van der Waals surface area contributed by atoms with Gasteiger partial charge in [-0.05, 0) is 101 Å². The number of rotatable bonds is 6. The molecule has 1 N–H and O–H groups in total. The second-order valence-electron chi connectivity index (χ2n) is 7.58. The van der Waals surface area contributed by atoms with Crippen molar-refractivity contribution < 1.29 is 14.3 Å². The minimum absolute atomic E-state index is 0.0228. The van der Waals surface area contributed by atoms with Crippen LogP contribution in [0.2, 0.25) is 0 Å². The van der Waals surface area contributed by atoms with E-state index < -0.39 is 11.8 Å². The number of hydrogen-bond donors (Lipinski definition) is 1. The Morgan fingerprint density at radius 3 is 2.38 bits per heavy atom. The molecule has 2 amide bonds. The average Bonchev–Trinajstić information content (AvgIpc) is 2.82. The standard InChI is InChI=1S/C26H20BrIN2O3S/c1-2-16-5-10-21(11-6-16)30-25(32)22(24(31)29-26(30)34)14-18-13-19(27)7-12-23(18)33-15-17-3-8-20(28)9-4-17/h3-14H,2,15H2,1H3,(H,29,31,34)/b22-14+. The first kappa shape index (κ1) is 24.6. The van der Waals surface area contributed by atoms with Crippen LogP contribution in [0.5, 0.6) is 5.75 Å². The smallest absolute Gasteiger partial charge is 0.270 e. The Balaban J connectivity index is 1.65. The topological polar surface area (TPSA) is 58.6 Å². The molecule has 0 unspecified atom stereocenters. The van der Waals surface area contributed by atoms with Crippen LogP contribution in [-0.2, 0) is 22.6 Å². The van der Waals surface area contributed by atoms with E-state index in [4.69, 9.17) is 17.0 Å². The molecule has 1 aliphatic rings. The number of hydrogen-bond acceptors (Lipinski definition) is 4. The van der Waals surface area contributed by atoms with Gasteiger partial charge in [-0.3, -0.25) is 19.8 Å². The molecular formula is C26H20BrIN2O3S. The Hall–Kier alpha value is -2.56. The maximum absolute atomic E-state index is 13.4. The maximum Gasteiger partial charge on any atom is 0.270 e. The van der Waals surface area contributed by atoms with Gasteiger partial charge in [0.25, 0.3) is 11.8 Å². The molecule has 1 saturated heterocycles. The van der Waals surface area contributed by atoms with E-state index in [1.54, 1.807) is 12.1 Å². The van der Waals surface area contributed by atoms with Crippen molar-refractivity contribution in [2.75, 3.05) is 4.90 Å². The molecule has 4 rings (SSSR count). The molecular weight excluding hydrogens is 627 g/mol. The number of carbonyl (C=O) groups is 2. The van der Waals surface area contributed by atoms with Gasteiger partial charge < -0.3 is 4.74 Å². The van der Waals surface area contributed by atoms with Crippen LogP contribution < -0.4 is 15.0 Å². The van der Waals surface area contributed by atoms with Crippen LogP contribution in [0.25, 0.3) is 6.08 Å². The van der Waals surface area contributed by atoms with Gasteiger partial charge in [-0.15, -0.1) is 0 Å². The molecule has 0 saturated carbocycles. The van der Waals surface area contributed by atoms with Crippen molar-refractivity contribution in [3.63, 3.8) is 0 Å². The number of halogens is 2. The monoisotopic (exact) mass is 646 g/mol. The van der Waals surface area contributed by atoms with Crippen LogP contribution in [0.15, 0.2) is 76.8 Å². The summed E-state index contributed by atoms with van der Waals surface area (Å²) in [6, 6.07) is 21.0. The van der Waals surface area contributed by atoms with Crippen LogP contribution in [0.4, 0.5) is 5.69 Å². The zero-order valence-corrected chi connectivity index (χ0v) is 22.7. The van der Waals surface area contributed by atoms with Crippen molar-refractivity contribution in [3.05, 3.63) is 97.0 Å². The predicted octanol–water partition coefficient (Wildman–Crippen LogP) is 6.03. The molecule has 3 aromatic rings. The first-order valence-corrected chi connectivity index (χ1v) is 12.8. The number of aryl methyl sites for hydroxylation is 1. The van der Waals surface area contributed by atoms with Gasteiger partial charge in [-0.25, -0.2) is 0 Å². The molecule has 0 atom stereocenters. The van der Waals surface area contributed by atoms with Crippen molar-refractivity contribution in [1.29, 1.82) is 0 Å². The minimum Gasteiger partial charge on any atom is -0.488 e. The third-order valence-corrected chi connectivity index (χ3v) is 6.78. The third-order valence-electron chi connectivity index (χ3n) is 5.28. The van der Waals surface area contributed by atoms with Gasteiger partial charge in [0.05, 0.1) is 5.69 Å². The van der Waals surface area contributed by atoms with Crippen LogP contribution in [0.3, 0.4) is 0 Å². The number of nitrogens with zero attached hydrogens (tertiary/aromatic N) is 1. The zero-order chi connectivity index (χ0) is 24.2. The Kier molecular flexibility index (Phi) is 7.80. The molecule has 1 fully saturated rings. The molecule has 34 heavy (non-hydrogen) atoms. The summed E-state index contributed by atoms with van der Waals surface area (Å²) in [6.45, 7) is 2.41. The molecule has 0 spiro atoms.